The number of alkyl carbamates (subject to hydrolysis) is 1. The lowest BCUT2D eigenvalue weighted by Crippen LogP contribution is -2.53. The molecular formula is C32H44N2O8. The van der Waals surface area contributed by atoms with Gasteiger partial charge in [0.15, 0.2) is 0 Å². The Morgan fingerprint density at radius 3 is 2.05 bits per heavy atom. The maximum Gasteiger partial charge on any atom is 0.434 e. The van der Waals surface area contributed by atoms with E-state index in [9.17, 15) is 19.5 Å². The summed E-state index contributed by atoms with van der Waals surface area (Å²) in [7, 11) is 0. The van der Waals surface area contributed by atoms with Gasteiger partial charge in [-0.3, -0.25) is 9.63 Å². The van der Waals surface area contributed by atoms with Gasteiger partial charge in [0.1, 0.15) is 25.4 Å². The summed E-state index contributed by atoms with van der Waals surface area (Å²) in [6.07, 6.45) is -0.884. The lowest BCUT2D eigenvalue weighted by Gasteiger charge is -2.35. The Balaban J connectivity index is 2.15. The second kappa shape index (κ2) is 16.5. The summed E-state index contributed by atoms with van der Waals surface area (Å²) in [4.78, 5) is 44.2. The topological polar surface area (TPSA) is 124 Å². The Morgan fingerprint density at radius 1 is 0.929 bits per heavy atom. The Labute approximate surface area is 248 Å². The van der Waals surface area contributed by atoms with Gasteiger partial charge in [-0.15, -0.1) is 0 Å². The normalized spacial score (nSPS) is 12.9. The zero-order valence-corrected chi connectivity index (χ0v) is 25.2. The summed E-state index contributed by atoms with van der Waals surface area (Å²) >= 11 is 0. The average molecular weight is 585 g/mol. The minimum atomic E-state index is -1.37. The van der Waals surface area contributed by atoms with Crippen molar-refractivity contribution in [2.75, 3.05) is 13.2 Å². The highest BCUT2D eigenvalue weighted by Crippen LogP contribution is 2.27. The minimum Gasteiger partial charge on any atom is -0.461 e. The summed E-state index contributed by atoms with van der Waals surface area (Å²) in [5.74, 6) is -0.650. The number of aliphatic hydroxyl groups is 1. The van der Waals surface area contributed by atoms with Crippen LogP contribution in [-0.4, -0.2) is 59.2 Å². The maximum atomic E-state index is 13.0. The van der Waals surface area contributed by atoms with Crippen LogP contribution in [0.15, 0.2) is 73.3 Å². The lowest BCUT2D eigenvalue weighted by atomic mass is 9.81. The molecule has 0 aliphatic rings. The Hall–Kier alpha value is -3.89. The molecule has 42 heavy (non-hydrogen) atoms. The van der Waals surface area contributed by atoms with E-state index in [0.29, 0.717) is 0 Å². The molecule has 0 heterocycles. The van der Waals surface area contributed by atoms with Crippen molar-refractivity contribution in [3.63, 3.8) is 0 Å². The number of nitrogens with zero attached hydrogens (tertiary/aromatic N) is 1. The van der Waals surface area contributed by atoms with Gasteiger partial charge in [-0.05, 0) is 58.6 Å². The number of ether oxygens (including phenoxy) is 3. The Bertz CT molecular complexity index is 1130. The van der Waals surface area contributed by atoms with Crippen molar-refractivity contribution in [2.45, 2.75) is 78.4 Å². The fourth-order valence-electron chi connectivity index (χ4n) is 3.89. The predicted molar refractivity (Wildman–Crippen MR) is 158 cm³/mol. The van der Waals surface area contributed by atoms with Crippen LogP contribution >= 0.6 is 0 Å². The zero-order chi connectivity index (χ0) is 31.2. The summed E-state index contributed by atoms with van der Waals surface area (Å²) in [6.45, 7) is 12.0. The molecule has 2 aromatic carbocycles. The molecule has 0 radical (unpaired) electrons. The fraction of sp³-hybridized carbons (Fsp3) is 0.469. The van der Waals surface area contributed by atoms with Gasteiger partial charge >= 0.3 is 18.2 Å². The van der Waals surface area contributed by atoms with Crippen molar-refractivity contribution < 1.29 is 38.5 Å². The summed E-state index contributed by atoms with van der Waals surface area (Å²) in [6, 6.07) is 17.7. The SMILES string of the molecule is C=CCOC(=O)C(C)(C)[C@H](O)[C@H](CCCN(OCc1ccccc1)C(=O)OCc1ccccc1)NC(=O)OC(C)(C)C. The fourth-order valence-corrected chi connectivity index (χ4v) is 3.89. The molecule has 0 aliphatic heterocycles. The first-order chi connectivity index (χ1) is 19.8. The molecule has 0 aliphatic carbocycles. The molecule has 0 saturated heterocycles. The summed E-state index contributed by atoms with van der Waals surface area (Å²) < 4.78 is 16.0. The van der Waals surface area contributed by atoms with Crippen LogP contribution in [0, 0.1) is 5.41 Å². The number of hydrogen-bond donors (Lipinski definition) is 2. The molecule has 0 unspecified atom stereocenters. The number of hydroxylamine groups is 2. The van der Waals surface area contributed by atoms with Crippen molar-refractivity contribution in [1.82, 2.24) is 10.4 Å². The third kappa shape index (κ3) is 11.9. The average Bonchev–Trinajstić information content (AvgIpc) is 2.95. The second-order valence-corrected chi connectivity index (χ2v) is 11.3. The van der Waals surface area contributed by atoms with E-state index in [4.69, 9.17) is 19.0 Å². The zero-order valence-electron chi connectivity index (χ0n) is 25.2. The smallest absolute Gasteiger partial charge is 0.434 e. The van der Waals surface area contributed by atoms with E-state index in [2.05, 4.69) is 11.9 Å². The standard InChI is InChI=1S/C32H44N2O8/c1-7-21-39-28(36)32(5,6)27(35)26(33-29(37)42-31(2,3)4)19-14-20-34(41-23-25-17-12-9-13-18-25)30(38)40-22-24-15-10-8-11-16-24/h7-13,15-18,26-27,35H,1,14,19-23H2,2-6H3,(H,33,37)/t26-,27+/m0/s1. The van der Waals surface area contributed by atoms with Crippen molar-refractivity contribution in [3.8, 4) is 0 Å². The first kappa shape index (κ1) is 34.3. The molecule has 2 N–H and O–H groups in total. The highest BCUT2D eigenvalue weighted by Gasteiger charge is 2.42. The molecule has 0 bridgehead atoms. The minimum absolute atomic E-state index is 0.0159. The lowest BCUT2D eigenvalue weighted by molar-refractivity contribution is -0.161. The van der Waals surface area contributed by atoms with Crippen molar-refractivity contribution in [2.24, 2.45) is 5.41 Å². The monoisotopic (exact) mass is 584 g/mol. The molecule has 10 heteroatoms. The molecule has 0 fully saturated rings. The van der Waals surface area contributed by atoms with Crippen molar-refractivity contribution >= 4 is 18.2 Å². The van der Waals surface area contributed by atoms with E-state index >= 15 is 0 Å². The molecule has 2 aromatic rings. The van der Waals surface area contributed by atoms with Gasteiger partial charge in [0.25, 0.3) is 0 Å². The molecule has 0 aromatic heterocycles. The molecule has 2 amide bonds. The molecule has 230 valence electrons. The van der Waals surface area contributed by atoms with Gasteiger partial charge in [0.2, 0.25) is 0 Å². The van der Waals surface area contributed by atoms with E-state index in [1.165, 1.54) is 19.9 Å². The first-order valence-electron chi connectivity index (χ1n) is 13.9. The number of amides is 2. The van der Waals surface area contributed by atoms with Gasteiger partial charge in [-0.1, -0.05) is 73.3 Å². The molecule has 2 rings (SSSR count). The number of rotatable bonds is 15. The third-order valence-corrected chi connectivity index (χ3v) is 6.20. The molecule has 10 nitrogen and oxygen atoms in total. The van der Waals surface area contributed by atoms with E-state index < -0.39 is 41.3 Å². The van der Waals surface area contributed by atoms with E-state index in [0.717, 1.165) is 16.2 Å². The molecular weight excluding hydrogens is 540 g/mol. The predicted octanol–water partition coefficient (Wildman–Crippen LogP) is 5.55. The van der Waals surface area contributed by atoms with Crippen LogP contribution in [0.5, 0.6) is 0 Å². The highest BCUT2D eigenvalue weighted by atomic mass is 16.7. The third-order valence-electron chi connectivity index (χ3n) is 6.20. The largest absolute Gasteiger partial charge is 0.461 e. The van der Waals surface area contributed by atoms with Crippen LogP contribution in [-0.2, 0) is 37.1 Å². The number of benzene rings is 2. The van der Waals surface area contributed by atoms with E-state index in [1.807, 2.05) is 60.7 Å². The number of carbonyl (C=O) groups excluding carboxylic acids is 3. The quantitative estimate of drug-likeness (QED) is 0.121. The van der Waals surface area contributed by atoms with Crippen LogP contribution in [0.1, 0.15) is 58.6 Å². The number of aliphatic hydroxyl groups excluding tert-OH is 1. The number of nitrogens with one attached hydrogen (secondary N) is 1. The van der Waals surface area contributed by atoms with Crippen LogP contribution < -0.4 is 5.32 Å². The Morgan fingerprint density at radius 2 is 1.50 bits per heavy atom. The van der Waals surface area contributed by atoms with Crippen LogP contribution in [0.2, 0.25) is 0 Å². The summed E-state index contributed by atoms with van der Waals surface area (Å²) in [5, 5.41) is 15.1. The molecule has 2 atom stereocenters. The number of carbonyl (C=O) groups is 3. The second-order valence-electron chi connectivity index (χ2n) is 11.3. The summed E-state index contributed by atoms with van der Waals surface area (Å²) in [5.41, 5.74) is -0.467. The number of hydrogen-bond acceptors (Lipinski definition) is 8. The van der Waals surface area contributed by atoms with Crippen molar-refractivity contribution in [1.29, 1.82) is 0 Å². The van der Waals surface area contributed by atoms with Crippen molar-refractivity contribution in [3.05, 3.63) is 84.4 Å². The van der Waals surface area contributed by atoms with Crippen LogP contribution in [0.25, 0.3) is 0 Å². The number of esters is 1. The van der Waals surface area contributed by atoms with Crippen LogP contribution in [0.4, 0.5) is 9.59 Å². The van der Waals surface area contributed by atoms with Crippen LogP contribution in [0.3, 0.4) is 0 Å². The van der Waals surface area contributed by atoms with Gasteiger partial charge in [-0.25, -0.2) is 9.59 Å². The molecule has 0 saturated carbocycles. The maximum absolute atomic E-state index is 13.0. The first-order valence-corrected chi connectivity index (χ1v) is 13.9. The van der Waals surface area contributed by atoms with Gasteiger partial charge in [0, 0.05) is 0 Å². The molecule has 0 spiro atoms. The van der Waals surface area contributed by atoms with E-state index in [1.54, 1.807) is 20.8 Å². The van der Waals surface area contributed by atoms with Gasteiger partial charge in [-0.2, -0.15) is 5.06 Å². The van der Waals surface area contributed by atoms with E-state index in [-0.39, 0.29) is 39.2 Å². The Kier molecular flexibility index (Phi) is 13.5. The highest BCUT2D eigenvalue weighted by molar-refractivity contribution is 5.77. The van der Waals surface area contributed by atoms with Gasteiger partial charge < -0.3 is 24.6 Å². The van der Waals surface area contributed by atoms with Gasteiger partial charge in [0.05, 0.1) is 24.1 Å².